The fourth-order valence-electron chi connectivity index (χ4n) is 1.56. The van der Waals surface area contributed by atoms with Gasteiger partial charge in [-0.25, -0.2) is 14.0 Å². The molecule has 0 saturated carbocycles. The van der Waals surface area contributed by atoms with Gasteiger partial charge in [0.25, 0.3) is 0 Å². The lowest BCUT2D eigenvalue weighted by atomic mass is 10.2. The van der Waals surface area contributed by atoms with Gasteiger partial charge in [0.1, 0.15) is 17.3 Å². The molecule has 2 aromatic rings. The second kappa shape index (κ2) is 5.80. The molecule has 0 bridgehead atoms. The molecule has 0 fully saturated rings. The Bertz CT molecular complexity index is 729. The number of hydrogen-bond acceptors (Lipinski definition) is 4. The fraction of sp³-hybridized carbons (Fsp3) is 0. The topological polar surface area (TPSA) is 83.8 Å². The summed E-state index contributed by atoms with van der Waals surface area (Å²) in [6, 6.07) is 6.52. The number of benzene rings is 2. The number of phenolic OH excluding ortho intramolecular Hbond substituents is 1. The Morgan fingerprint density at radius 1 is 1.10 bits per heavy atom. The average Bonchev–Trinajstić information content (AvgIpc) is 2.37. The van der Waals surface area contributed by atoms with E-state index in [4.69, 9.17) is 26.6 Å². The Labute approximate surface area is 123 Å². The van der Waals surface area contributed by atoms with E-state index in [1.54, 1.807) is 0 Å². The van der Waals surface area contributed by atoms with Crippen molar-refractivity contribution in [1.29, 1.82) is 0 Å². The van der Waals surface area contributed by atoms with Gasteiger partial charge in [-0.3, -0.25) is 0 Å². The molecule has 0 atom stereocenters. The van der Waals surface area contributed by atoms with E-state index in [-0.39, 0.29) is 27.6 Å². The number of rotatable bonds is 3. The number of carboxylic acids is 1. The van der Waals surface area contributed by atoms with Gasteiger partial charge in [-0.05, 0) is 24.3 Å². The van der Waals surface area contributed by atoms with Gasteiger partial charge in [-0.15, -0.1) is 0 Å². The highest BCUT2D eigenvalue weighted by molar-refractivity contribution is 6.33. The molecule has 5 nitrogen and oxygen atoms in total. The lowest BCUT2D eigenvalue weighted by molar-refractivity contribution is 0.0696. The molecule has 0 unspecified atom stereocenters. The van der Waals surface area contributed by atoms with E-state index in [0.717, 1.165) is 24.3 Å². The fourth-order valence-corrected chi connectivity index (χ4v) is 1.82. The van der Waals surface area contributed by atoms with Crippen LogP contribution in [0.2, 0.25) is 5.02 Å². The maximum absolute atomic E-state index is 13.5. The van der Waals surface area contributed by atoms with E-state index in [9.17, 15) is 14.0 Å². The number of hydrogen-bond donors (Lipinski definition) is 2. The number of carboxylic acid groups (broad SMARTS) is 1. The smallest absolute Gasteiger partial charge is 0.346 e. The number of carbonyl (C=O) groups excluding carboxylic acids is 1. The first kappa shape index (κ1) is 14.8. The van der Waals surface area contributed by atoms with Crippen molar-refractivity contribution in [3.05, 3.63) is 58.4 Å². The van der Waals surface area contributed by atoms with E-state index in [1.807, 2.05) is 0 Å². The summed E-state index contributed by atoms with van der Waals surface area (Å²) < 4.78 is 18.4. The van der Waals surface area contributed by atoms with Crippen LogP contribution in [0, 0.1) is 5.82 Å². The second-order valence-corrected chi connectivity index (χ2v) is 4.41. The summed E-state index contributed by atoms with van der Waals surface area (Å²) in [5.74, 6) is -3.50. The van der Waals surface area contributed by atoms with Crippen LogP contribution in [0.5, 0.6) is 11.5 Å². The van der Waals surface area contributed by atoms with Crippen molar-refractivity contribution in [1.82, 2.24) is 0 Å². The van der Waals surface area contributed by atoms with Gasteiger partial charge < -0.3 is 14.9 Å². The lowest BCUT2D eigenvalue weighted by Crippen LogP contribution is -2.11. The number of phenols is 1. The first-order valence-corrected chi connectivity index (χ1v) is 6.00. The Kier molecular flexibility index (Phi) is 4.09. The summed E-state index contributed by atoms with van der Waals surface area (Å²) in [4.78, 5) is 22.6. The van der Waals surface area contributed by atoms with Crippen molar-refractivity contribution in [2.24, 2.45) is 0 Å². The Balaban J connectivity index is 2.23. The van der Waals surface area contributed by atoms with Crippen LogP contribution in [-0.4, -0.2) is 22.2 Å². The molecule has 2 rings (SSSR count). The molecule has 108 valence electrons. The number of esters is 1. The first-order chi connectivity index (χ1) is 9.88. The van der Waals surface area contributed by atoms with Crippen molar-refractivity contribution in [2.45, 2.75) is 0 Å². The minimum atomic E-state index is -1.22. The number of halogens is 2. The van der Waals surface area contributed by atoms with Crippen molar-refractivity contribution in [3.63, 3.8) is 0 Å². The molecule has 0 spiro atoms. The van der Waals surface area contributed by atoms with Crippen LogP contribution in [0.3, 0.4) is 0 Å². The molecule has 0 radical (unpaired) electrons. The van der Waals surface area contributed by atoms with E-state index in [0.29, 0.717) is 0 Å². The van der Waals surface area contributed by atoms with Crippen molar-refractivity contribution in [2.75, 3.05) is 0 Å². The molecule has 0 aliphatic rings. The van der Waals surface area contributed by atoms with Gasteiger partial charge in [0, 0.05) is 12.1 Å². The van der Waals surface area contributed by atoms with Crippen LogP contribution in [0.1, 0.15) is 20.7 Å². The summed E-state index contributed by atoms with van der Waals surface area (Å²) >= 11 is 5.73. The molecule has 0 saturated heterocycles. The summed E-state index contributed by atoms with van der Waals surface area (Å²) in [5, 5.41) is 17.8. The zero-order chi connectivity index (χ0) is 15.6. The largest absolute Gasteiger partial charge is 0.508 e. The molecule has 21 heavy (non-hydrogen) atoms. The van der Waals surface area contributed by atoms with Gasteiger partial charge in [0.2, 0.25) is 0 Å². The molecule has 0 heterocycles. The highest BCUT2D eigenvalue weighted by Gasteiger charge is 2.16. The molecule has 0 amide bonds. The standard InChI is InChI=1S/C14H8ClFO5/c15-11-6-8(2-4-9(11)13(18)19)21-14(20)10-3-1-7(17)5-12(10)16/h1-6,17H,(H,18,19). The lowest BCUT2D eigenvalue weighted by Gasteiger charge is -2.07. The summed E-state index contributed by atoms with van der Waals surface area (Å²) in [6.07, 6.45) is 0. The molecule has 2 N–H and O–H groups in total. The molecule has 0 aliphatic carbocycles. The number of ether oxygens (including phenoxy) is 1. The third-order valence-electron chi connectivity index (χ3n) is 2.55. The minimum absolute atomic E-state index is 0.0255. The van der Waals surface area contributed by atoms with Crippen LogP contribution >= 0.6 is 11.6 Å². The third kappa shape index (κ3) is 3.29. The van der Waals surface area contributed by atoms with Gasteiger partial charge in [-0.1, -0.05) is 11.6 Å². The van der Waals surface area contributed by atoms with Crippen LogP contribution < -0.4 is 4.74 Å². The summed E-state index contributed by atoms with van der Waals surface area (Å²) in [7, 11) is 0. The highest BCUT2D eigenvalue weighted by Crippen LogP contribution is 2.24. The minimum Gasteiger partial charge on any atom is -0.508 e. The van der Waals surface area contributed by atoms with Crippen LogP contribution in [-0.2, 0) is 0 Å². The molecule has 0 aromatic heterocycles. The third-order valence-corrected chi connectivity index (χ3v) is 2.87. The van der Waals surface area contributed by atoms with E-state index in [1.165, 1.54) is 12.1 Å². The molecule has 0 aliphatic heterocycles. The highest BCUT2D eigenvalue weighted by atomic mass is 35.5. The quantitative estimate of drug-likeness (QED) is 0.672. The Hall–Kier alpha value is -2.60. The zero-order valence-corrected chi connectivity index (χ0v) is 11.1. The predicted molar refractivity (Wildman–Crippen MR) is 71.4 cm³/mol. The van der Waals surface area contributed by atoms with Crippen molar-refractivity contribution < 1.29 is 28.9 Å². The van der Waals surface area contributed by atoms with E-state index < -0.39 is 17.8 Å². The van der Waals surface area contributed by atoms with Crippen LogP contribution in [0.15, 0.2) is 36.4 Å². The van der Waals surface area contributed by atoms with Gasteiger partial charge >= 0.3 is 11.9 Å². The van der Waals surface area contributed by atoms with Crippen molar-refractivity contribution >= 4 is 23.5 Å². The summed E-state index contributed by atoms with van der Waals surface area (Å²) in [5.41, 5.74) is -0.515. The van der Waals surface area contributed by atoms with Crippen molar-refractivity contribution in [3.8, 4) is 11.5 Å². The van der Waals surface area contributed by atoms with Gasteiger partial charge in [0.05, 0.1) is 16.1 Å². The number of aromatic carboxylic acids is 1. The van der Waals surface area contributed by atoms with Gasteiger partial charge in [-0.2, -0.15) is 0 Å². The Morgan fingerprint density at radius 3 is 2.33 bits per heavy atom. The number of carbonyl (C=O) groups is 2. The first-order valence-electron chi connectivity index (χ1n) is 5.62. The second-order valence-electron chi connectivity index (χ2n) is 4.00. The predicted octanol–water partition coefficient (Wildman–Crippen LogP) is 3.10. The number of aromatic hydroxyl groups is 1. The Morgan fingerprint density at radius 2 is 1.76 bits per heavy atom. The maximum Gasteiger partial charge on any atom is 0.346 e. The molecule has 7 heteroatoms. The maximum atomic E-state index is 13.5. The summed E-state index contributed by atoms with van der Waals surface area (Å²) in [6.45, 7) is 0. The normalized spacial score (nSPS) is 10.2. The zero-order valence-electron chi connectivity index (χ0n) is 10.3. The van der Waals surface area contributed by atoms with Crippen LogP contribution in [0.25, 0.3) is 0 Å². The average molecular weight is 311 g/mol. The van der Waals surface area contributed by atoms with E-state index >= 15 is 0 Å². The monoisotopic (exact) mass is 310 g/mol. The molecule has 2 aromatic carbocycles. The van der Waals surface area contributed by atoms with E-state index in [2.05, 4.69) is 0 Å². The SMILES string of the molecule is O=C(Oc1ccc(C(=O)O)c(Cl)c1)c1ccc(O)cc1F. The van der Waals surface area contributed by atoms with Crippen LogP contribution in [0.4, 0.5) is 4.39 Å². The van der Waals surface area contributed by atoms with Gasteiger partial charge in [0.15, 0.2) is 0 Å². The molecular weight excluding hydrogens is 303 g/mol. The molecular formula is C14H8ClFO5.